The summed E-state index contributed by atoms with van der Waals surface area (Å²) in [6.45, 7) is 14.1. The molecule has 3 nitrogen and oxygen atoms in total. The molecular weight excluding hydrogens is 260 g/mol. The summed E-state index contributed by atoms with van der Waals surface area (Å²) in [5, 5.41) is 3.61. The van der Waals surface area contributed by atoms with Crippen molar-refractivity contribution in [2.24, 2.45) is 11.8 Å². The largest absolute Gasteiger partial charge is 0.325 e. The number of unbranched alkanes of at least 4 members (excludes halogenated alkanes) is 1. The molecule has 1 amide bonds. The fourth-order valence-electron chi connectivity index (χ4n) is 3.26. The third-order valence-electron chi connectivity index (χ3n) is 4.99. The van der Waals surface area contributed by atoms with Crippen molar-refractivity contribution in [2.75, 3.05) is 6.54 Å². The molecule has 1 aliphatic rings. The highest BCUT2D eigenvalue weighted by molar-refractivity contribution is 5.88. The van der Waals surface area contributed by atoms with Gasteiger partial charge in [0.2, 0.25) is 5.91 Å². The lowest BCUT2D eigenvalue weighted by molar-refractivity contribution is -0.133. The summed E-state index contributed by atoms with van der Waals surface area (Å²) in [7, 11) is 0. The first-order chi connectivity index (χ1) is 9.87. The van der Waals surface area contributed by atoms with Gasteiger partial charge in [-0.3, -0.25) is 10.1 Å². The SMILES string of the molecule is CCCCC(CC)CN1C(=O)C(C)(CC)NC1CC(C)C. The summed E-state index contributed by atoms with van der Waals surface area (Å²) in [6, 6.07) is 0. The lowest BCUT2D eigenvalue weighted by Gasteiger charge is -2.29. The fraction of sp³-hybridized carbons (Fsp3) is 0.944. The highest BCUT2D eigenvalue weighted by atomic mass is 16.2. The van der Waals surface area contributed by atoms with E-state index in [2.05, 4.69) is 51.8 Å². The third-order valence-corrected chi connectivity index (χ3v) is 4.99. The number of nitrogens with one attached hydrogen (secondary N) is 1. The van der Waals surface area contributed by atoms with Gasteiger partial charge in [-0.25, -0.2) is 0 Å². The van der Waals surface area contributed by atoms with Gasteiger partial charge in [0.25, 0.3) is 0 Å². The van der Waals surface area contributed by atoms with E-state index in [0.29, 0.717) is 17.7 Å². The molecule has 0 spiro atoms. The Hall–Kier alpha value is -0.570. The standard InChI is InChI=1S/C18H36N2O/c1-7-10-11-15(8-2)13-20-16(12-14(4)5)19-18(6,9-3)17(20)21/h14-16,19H,7-13H2,1-6H3. The molecule has 0 bridgehead atoms. The summed E-state index contributed by atoms with van der Waals surface area (Å²) < 4.78 is 0. The van der Waals surface area contributed by atoms with Gasteiger partial charge in [0, 0.05) is 6.54 Å². The van der Waals surface area contributed by atoms with E-state index in [-0.39, 0.29) is 11.7 Å². The van der Waals surface area contributed by atoms with Gasteiger partial charge in [-0.05, 0) is 38.0 Å². The molecule has 0 radical (unpaired) electrons. The molecule has 0 aromatic heterocycles. The second-order valence-electron chi connectivity index (χ2n) is 7.35. The van der Waals surface area contributed by atoms with E-state index < -0.39 is 0 Å². The van der Waals surface area contributed by atoms with Crippen LogP contribution in [-0.4, -0.2) is 29.1 Å². The average molecular weight is 296 g/mol. The van der Waals surface area contributed by atoms with Crippen molar-refractivity contribution in [3.63, 3.8) is 0 Å². The third kappa shape index (κ3) is 4.70. The van der Waals surface area contributed by atoms with Gasteiger partial charge in [0.05, 0.1) is 11.7 Å². The molecule has 1 fully saturated rings. The first-order valence-electron chi connectivity index (χ1n) is 8.96. The molecule has 1 saturated heterocycles. The highest BCUT2D eigenvalue weighted by Crippen LogP contribution is 2.29. The Balaban J connectivity index is 2.80. The first-order valence-corrected chi connectivity index (χ1v) is 8.96. The van der Waals surface area contributed by atoms with Crippen LogP contribution in [0.5, 0.6) is 0 Å². The van der Waals surface area contributed by atoms with Crippen LogP contribution in [0.15, 0.2) is 0 Å². The van der Waals surface area contributed by atoms with E-state index in [0.717, 1.165) is 19.4 Å². The molecule has 3 unspecified atom stereocenters. The minimum atomic E-state index is -0.359. The molecule has 1 aliphatic heterocycles. The van der Waals surface area contributed by atoms with Crippen molar-refractivity contribution in [3.8, 4) is 0 Å². The van der Waals surface area contributed by atoms with Crippen LogP contribution in [0.3, 0.4) is 0 Å². The van der Waals surface area contributed by atoms with Crippen LogP contribution in [0.25, 0.3) is 0 Å². The summed E-state index contributed by atoms with van der Waals surface area (Å²) in [5.41, 5.74) is -0.359. The van der Waals surface area contributed by atoms with Gasteiger partial charge < -0.3 is 4.90 Å². The molecule has 1 rings (SSSR count). The van der Waals surface area contributed by atoms with Crippen molar-refractivity contribution >= 4 is 5.91 Å². The summed E-state index contributed by atoms with van der Waals surface area (Å²) in [5.74, 6) is 1.56. The van der Waals surface area contributed by atoms with Gasteiger partial charge in [-0.2, -0.15) is 0 Å². The molecule has 1 N–H and O–H groups in total. The minimum Gasteiger partial charge on any atom is -0.325 e. The van der Waals surface area contributed by atoms with Crippen LogP contribution < -0.4 is 5.32 Å². The number of nitrogens with zero attached hydrogens (tertiary/aromatic N) is 1. The van der Waals surface area contributed by atoms with Crippen LogP contribution in [0.2, 0.25) is 0 Å². The Kier molecular flexibility index (Phi) is 7.19. The maximum Gasteiger partial charge on any atom is 0.243 e. The summed E-state index contributed by atoms with van der Waals surface area (Å²) in [6.07, 6.45) is 7.06. The van der Waals surface area contributed by atoms with Crippen molar-refractivity contribution < 1.29 is 4.79 Å². The van der Waals surface area contributed by atoms with Crippen molar-refractivity contribution in [3.05, 3.63) is 0 Å². The van der Waals surface area contributed by atoms with Crippen molar-refractivity contribution in [1.29, 1.82) is 0 Å². The van der Waals surface area contributed by atoms with E-state index in [9.17, 15) is 4.79 Å². The molecule has 3 atom stereocenters. The zero-order valence-electron chi connectivity index (χ0n) is 15.0. The minimum absolute atomic E-state index is 0.220. The lowest BCUT2D eigenvalue weighted by atomic mass is 9.96. The zero-order chi connectivity index (χ0) is 16.0. The lowest BCUT2D eigenvalue weighted by Crippen LogP contribution is -2.44. The maximum atomic E-state index is 12.8. The predicted octanol–water partition coefficient (Wildman–Crippen LogP) is 4.18. The Morgan fingerprint density at radius 1 is 1.29 bits per heavy atom. The first kappa shape index (κ1) is 18.5. The molecule has 124 valence electrons. The number of amides is 1. The van der Waals surface area contributed by atoms with Crippen LogP contribution >= 0.6 is 0 Å². The normalized spacial score (nSPS) is 27.7. The second kappa shape index (κ2) is 8.17. The van der Waals surface area contributed by atoms with E-state index in [1.807, 2.05) is 0 Å². The van der Waals surface area contributed by atoms with E-state index in [4.69, 9.17) is 0 Å². The van der Waals surface area contributed by atoms with Gasteiger partial charge in [-0.15, -0.1) is 0 Å². The monoisotopic (exact) mass is 296 g/mol. The van der Waals surface area contributed by atoms with E-state index in [1.165, 1.54) is 25.7 Å². The summed E-state index contributed by atoms with van der Waals surface area (Å²) in [4.78, 5) is 15.0. The van der Waals surface area contributed by atoms with Crippen LogP contribution in [0.1, 0.15) is 80.1 Å². The number of hydrogen-bond donors (Lipinski definition) is 1. The Bertz CT molecular complexity index is 329. The van der Waals surface area contributed by atoms with Crippen molar-refractivity contribution in [2.45, 2.75) is 91.8 Å². The fourth-order valence-corrected chi connectivity index (χ4v) is 3.26. The molecule has 3 heteroatoms. The number of rotatable bonds is 9. The maximum absolute atomic E-state index is 12.8. The molecule has 0 aromatic carbocycles. The predicted molar refractivity (Wildman–Crippen MR) is 90.1 cm³/mol. The van der Waals surface area contributed by atoms with E-state index >= 15 is 0 Å². The van der Waals surface area contributed by atoms with Crippen LogP contribution in [0.4, 0.5) is 0 Å². The molecule has 21 heavy (non-hydrogen) atoms. The van der Waals surface area contributed by atoms with Crippen LogP contribution in [0, 0.1) is 11.8 Å². The molecule has 1 heterocycles. The Morgan fingerprint density at radius 2 is 1.95 bits per heavy atom. The number of hydrogen-bond acceptors (Lipinski definition) is 2. The van der Waals surface area contributed by atoms with Gasteiger partial charge in [0.1, 0.15) is 0 Å². The van der Waals surface area contributed by atoms with Gasteiger partial charge in [-0.1, -0.05) is 53.9 Å². The Morgan fingerprint density at radius 3 is 2.43 bits per heavy atom. The molecular formula is C18H36N2O. The van der Waals surface area contributed by atoms with Crippen LogP contribution in [-0.2, 0) is 4.79 Å². The molecule has 0 aliphatic carbocycles. The second-order valence-corrected chi connectivity index (χ2v) is 7.35. The number of carbonyl (C=O) groups excluding carboxylic acids is 1. The van der Waals surface area contributed by atoms with Gasteiger partial charge >= 0.3 is 0 Å². The Labute approximate surface area is 131 Å². The highest BCUT2D eigenvalue weighted by Gasteiger charge is 2.46. The number of carbonyl (C=O) groups is 1. The van der Waals surface area contributed by atoms with Crippen molar-refractivity contribution in [1.82, 2.24) is 10.2 Å². The van der Waals surface area contributed by atoms with E-state index in [1.54, 1.807) is 0 Å². The quantitative estimate of drug-likeness (QED) is 0.692. The summed E-state index contributed by atoms with van der Waals surface area (Å²) >= 11 is 0. The molecule has 0 aromatic rings. The zero-order valence-corrected chi connectivity index (χ0v) is 15.0. The smallest absolute Gasteiger partial charge is 0.243 e. The topological polar surface area (TPSA) is 32.3 Å². The molecule has 0 saturated carbocycles. The average Bonchev–Trinajstić information content (AvgIpc) is 2.67. The van der Waals surface area contributed by atoms with Gasteiger partial charge in [0.15, 0.2) is 0 Å².